The molecule has 0 aliphatic rings. The summed E-state index contributed by atoms with van der Waals surface area (Å²) in [4.78, 5) is 2.22. The highest BCUT2D eigenvalue weighted by molar-refractivity contribution is 7.80. The summed E-state index contributed by atoms with van der Waals surface area (Å²) in [6, 6.07) is 0. The minimum Gasteiger partial charge on any atom is -0.395 e. The second kappa shape index (κ2) is 10.3. The Hall–Kier alpha value is 0.230. The SMILES string of the molecule is COCCN(CCO)CCCCS. The van der Waals surface area contributed by atoms with Crippen molar-refractivity contribution in [2.24, 2.45) is 0 Å². The molecule has 80 valence electrons. The van der Waals surface area contributed by atoms with E-state index in [1.165, 1.54) is 0 Å². The molecule has 0 unspecified atom stereocenters. The van der Waals surface area contributed by atoms with Gasteiger partial charge >= 0.3 is 0 Å². The zero-order chi connectivity index (χ0) is 9.94. The summed E-state index contributed by atoms with van der Waals surface area (Å²) in [7, 11) is 1.70. The quantitative estimate of drug-likeness (QED) is 0.430. The number of aliphatic hydroxyl groups excluding tert-OH is 1. The van der Waals surface area contributed by atoms with Gasteiger partial charge in [-0.1, -0.05) is 0 Å². The summed E-state index contributed by atoms with van der Waals surface area (Å²) >= 11 is 4.15. The van der Waals surface area contributed by atoms with Crippen molar-refractivity contribution in [3.63, 3.8) is 0 Å². The van der Waals surface area contributed by atoms with E-state index in [1.54, 1.807) is 7.11 Å². The molecule has 0 aromatic carbocycles. The fourth-order valence-corrected chi connectivity index (χ4v) is 1.37. The van der Waals surface area contributed by atoms with Gasteiger partial charge in [0.15, 0.2) is 0 Å². The number of methoxy groups -OCH3 is 1. The lowest BCUT2D eigenvalue weighted by Gasteiger charge is -2.20. The van der Waals surface area contributed by atoms with Gasteiger partial charge in [0.2, 0.25) is 0 Å². The molecule has 0 aliphatic heterocycles. The Morgan fingerprint density at radius 2 is 2.00 bits per heavy atom. The lowest BCUT2D eigenvalue weighted by molar-refractivity contribution is 0.130. The van der Waals surface area contributed by atoms with Crippen LogP contribution in [0.3, 0.4) is 0 Å². The first-order valence-electron chi connectivity index (χ1n) is 4.78. The van der Waals surface area contributed by atoms with E-state index < -0.39 is 0 Å². The number of ether oxygens (including phenoxy) is 1. The molecule has 0 saturated carbocycles. The number of nitrogens with zero attached hydrogens (tertiary/aromatic N) is 1. The van der Waals surface area contributed by atoms with E-state index in [1.807, 2.05) is 0 Å². The van der Waals surface area contributed by atoms with E-state index in [-0.39, 0.29) is 6.61 Å². The monoisotopic (exact) mass is 207 g/mol. The van der Waals surface area contributed by atoms with Crippen molar-refractivity contribution in [3.8, 4) is 0 Å². The van der Waals surface area contributed by atoms with Crippen LogP contribution in [0.25, 0.3) is 0 Å². The Morgan fingerprint density at radius 1 is 1.23 bits per heavy atom. The molecule has 0 heterocycles. The average molecular weight is 207 g/mol. The lowest BCUT2D eigenvalue weighted by Crippen LogP contribution is -2.31. The second-order valence-corrected chi connectivity index (χ2v) is 3.44. The Bertz CT molecular complexity index is 104. The fourth-order valence-electron chi connectivity index (χ4n) is 1.14. The second-order valence-electron chi connectivity index (χ2n) is 2.99. The van der Waals surface area contributed by atoms with E-state index in [0.717, 1.165) is 44.8 Å². The maximum absolute atomic E-state index is 8.79. The smallest absolute Gasteiger partial charge is 0.0589 e. The van der Waals surface area contributed by atoms with Crippen LogP contribution in [0.1, 0.15) is 12.8 Å². The van der Waals surface area contributed by atoms with Gasteiger partial charge in [0.25, 0.3) is 0 Å². The summed E-state index contributed by atoms with van der Waals surface area (Å²) in [6.07, 6.45) is 2.28. The molecule has 13 heavy (non-hydrogen) atoms. The molecule has 0 rings (SSSR count). The van der Waals surface area contributed by atoms with Crippen molar-refractivity contribution < 1.29 is 9.84 Å². The number of aliphatic hydroxyl groups is 1. The van der Waals surface area contributed by atoms with Crippen molar-refractivity contribution in [3.05, 3.63) is 0 Å². The zero-order valence-corrected chi connectivity index (χ0v) is 9.30. The number of rotatable bonds is 9. The first-order chi connectivity index (χ1) is 6.35. The van der Waals surface area contributed by atoms with Gasteiger partial charge in [0.05, 0.1) is 13.2 Å². The third-order valence-corrected chi connectivity index (χ3v) is 2.23. The van der Waals surface area contributed by atoms with Gasteiger partial charge in [-0.3, -0.25) is 4.90 Å². The highest BCUT2D eigenvalue weighted by Gasteiger charge is 2.02. The molecule has 4 heteroatoms. The Morgan fingerprint density at radius 3 is 2.54 bits per heavy atom. The number of hydrogen-bond donors (Lipinski definition) is 2. The largest absolute Gasteiger partial charge is 0.395 e. The van der Waals surface area contributed by atoms with E-state index in [2.05, 4.69) is 17.5 Å². The number of hydrogen-bond acceptors (Lipinski definition) is 4. The van der Waals surface area contributed by atoms with Gasteiger partial charge in [-0.2, -0.15) is 12.6 Å². The van der Waals surface area contributed by atoms with E-state index in [0.29, 0.717) is 0 Å². The maximum Gasteiger partial charge on any atom is 0.0589 e. The molecule has 0 fully saturated rings. The molecule has 0 radical (unpaired) electrons. The first-order valence-corrected chi connectivity index (χ1v) is 5.41. The molecule has 0 aromatic rings. The molecule has 0 aliphatic carbocycles. The molecule has 0 atom stereocenters. The Balaban J connectivity index is 3.41. The molecule has 1 N–H and O–H groups in total. The minimum atomic E-state index is 0.227. The standard InChI is InChI=1S/C9H21NO2S/c1-12-8-6-10(5-7-11)4-2-3-9-13/h11,13H,2-9H2,1H3. The number of unbranched alkanes of at least 4 members (excludes halogenated alkanes) is 1. The molecular weight excluding hydrogens is 186 g/mol. The molecule has 3 nitrogen and oxygen atoms in total. The fraction of sp³-hybridized carbons (Fsp3) is 1.00. The average Bonchev–Trinajstić information content (AvgIpc) is 2.14. The molecule has 0 bridgehead atoms. The normalized spacial score (nSPS) is 11.1. The summed E-state index contributed by atoms with van der Waals surface area (Å²) < 4.78 is 4.99. The Labute approximate surface area is 86.5 Å². The summed E-state index contributed by atoms with van der Waals surface area (Å²) in [6.45, 7) is 3.65. The van der Waals surface area contributed by atoms with Crippen molar-refractivity contribution in [1.29, 1.82) is 0 Å². The summed E-state index contributed by atoms with van der Waals surface area (Å²) in [5.41, 5.74) is 0. The van der Waals surface area contributed by atoms with Gasteiger partial charge in [-0.05, 0) is 25.1 Å². The van der Waals surface area contributed by atoms with Crippen molar-refractivity contribution in [2.45, 2.75) is 12.8 Å². The van der Waals surface area contributed by atoms with Crippen molar-refractivity contribution in [2.75, 3.05) is 45.7 Å². The lowest BCUT2D eigenvalue weighted by atomic mass is 10.3. The molecule has 0 aromatic heterocycles. The van der Waals surface area contributed by atoms with Gasteiger partial charge in [0.1, 0.15) is 0 Å². The summed E-state index contributed by atoms with van der Waals surface area (Å²) in [5.74, 6) is 0.942. The molecule has 0 saturated heterocycles. The van der Waals surface area contributed by atoms with E-state index in [9.17, 15) is 0 Å². The van der Waals surface area contributed by atoms with Crippen LogP contribution in [0.4, 0.5) is 0 Å². The van der Waals surface area contributed by atoms with Crippen molar-refractivity contribution >= 4 is 12.6 Å². The minimum absolute atomic E-state index is 0.227. The molecule has 0 spiro atoms. The van der Waals surface area contributed by atoms with Gasteiger partial charge < -0.3 is 9.84 Å². The topological polar surface area (TPSA) is 32.7 Å². The van der Waals surface area contributed by atoms with E-state index in [4.69, 9.17) is 9.84 Å². The van der Waals surface area contributed by atoms with Crippen LogP contribution in [0.5, 0.6) is 0 Å². The van der Waals surface area contributed by atoms with Crippen LogP contribution in [-0.4, -0.2) is 55.7 Å². The third kappa shape index (κ3) is 8.56. The Kier molecular flexibility index (Phi) is 10.5. The zero-order valence-electron chi connectivity index (χ0n) is 8.41. The van der Waals surface area contributed by atoms with E-state index >= 15 is 0 Å². The van der Waals surface area contributed by atoms with Crippen molar-refractivity contribution in [1.82, 2.24) is 4.90 Å². The number of thiol groups is 1. The predicted molar refractivity (Wildman–Crippen MR) is 58.5 cm³/mol. The molecule has 0 amide bonds. The highest BCUT2D eigenvalue weighted by atomic mass is 32.1. The maximum atomic E-state index is 8.79. The van der Waals surface area contributed by atoms with Crippen LogP contribution in [0, 0.1) is 0 Å². The highest BCUT2D eigenvalue weighted by Crippen LogP contribution is 1.96. The first kappa shape index (κ1) is 13.2. The third-order valence-electron chi connectivity index (χ3n) is 1.91. The van der Waals surface area contributed by atoms with Crippen LogP contribution < -0.4 is 0 Å². The van der Waals surface area contributed by atoms with Crippen LogP contribution >= 0.6 is 12.6 Å². The van der Waals surface area contributed by atoms with Crippen LogP contribution in [-0.2, 0) is 4.74 Å². The molecular formula is C9H21NO2S. The van der Waals surface area contributed by atoms with Gasteiger partial charge in [-0.25, -0.2) is 0 Å². The summed E-state index contributed by atoms with van der Waals surface area (Å²) in [5, 5.41) is 8.79. The predicted octanol–water partition coefficient (Wildman–Crippen LogP) is 0.637. The van der Waals surface area contributed by atoms with Gasteiger partial charge in [0, 0.05) is 20.2 Å². The van der Waals surface area contributed by atoms with Crippen LogP contribution in [0.2, 0.25) is 0 Å². The van der Waals surface area contributed by atoms with Gasteiger partial charge in [-0.15, -0.1) is 0 Å². The van der Waals surface area contributed by atoms with Crippen LogP contribution in [0.15, 0.2) is 0 Å².